The molecule has 1 aromatic heterocycles. The number of aromatic nitrogens is 1. The van der Waals surface area contributed by atoms with Crippen molar-refractivity contribution in [3.63, 3.8) is 0 Å². The minimum atomic E-state index is 0.435. The van der Waals surface area contributed by atoms with Crippen LogP contribution in [0.1, 0.15) is 36.6 Å². The number of aryl methyl sites for hydroxylation is 1. The zero-order valence-electron chi connectivity index (χ0n) is 7.63. The smallest absolute Gasteiger partial charge is 0.101 e. The summed E-state index contributed by atoms with van der Waals surface area (Å²) in [6.45, 7) is 6.03. The summed E-state index contributed by atoms with van der Waals surface area (Å²) in [7, 11) is 0. The number of hydrogen-bond acceptors (Lipinski definition) is 2. The fraction of sp³-hybridized carbons (Fsp3) is 0.400. The number of rotatable bonds is 1. The molecule has 0 aliphatic carbocycles. The van der Waals surface area contributed by atoms with Crippen LogP contribution in [0.15, 0.2) is 12.3 Å². The Morgan fingerprint density at radius 2 is 2.17 bits per heavy atom. The Bertz CT molecular complexity index is 321. The molecule has 1 heterocycles. The van der Waals surface area contributed by atoms with Gasteiger partial charge in [-0.1, -0.05) is 13.8 Å². The van der Waals surface area contributed by atoms with E-state index in [0.717, 1.165) is 11.3 Å². The first kappa shape index (κ1) is 8.73. The summed E-state index contributed by atoms with van der Waals surface area (Å²) in [6.07, 6.45) is 1.83. The first-order valence-corrected chi connectivity index (χ1v) is 4.01. The van der Waals surface area contributed by atoms with E-state index < -0.39 is 0 Å². The van der Waals surface area contributed by atoms with E-state index in [1.54, 1.807) is 0 Å². The van der Waals surface area contributed by atoms with Crippen LogP contribution in [0, 0.1) is 18.3 Å². The Morgan fingerprint density at radius 1 is 1.50 bits per heavy atom. The highest BCUT2D eigenvalue weighted by Crippen LogP contribution is 2.15. The first-order valence-electron chi connectivity index (χ1n) is 4.01. The molecule has 2 heteroatoms. The van der Waals surface area contributed by atoms with Gasteiger partial charge in [-0.05, 0) is 24.5 Å². The fourth-order valence-corrected chi connectivity index (χ4v) is 0.978. The third-order valence-electron chi connectivity index (χ3n) is 1.90. The van der Waals surface area contributed by atoms with Gasteiger partial charge in [-0.2, -0.15) is 5.26 Å². The maximum Gasteiger partial charge on any atom is 0.101 e. The van der Waals surface area contributed by atoms with E-state index in [0.29, 0.717) is 11.5 Å². The molecule has 0 aliphatic rings. The number of nitrogens with zero attached hydrogens (tertiary/aromatic N) is 2. The van der Waals surface area contributed by atoms with E-state index in [9.17, 15) is 0 Å². The molecule has 0 saturated carbocycles. The minimum absolute atomic E-state index is 0.435. The van der Waals surface area contributed by atoms with E-state index in [2.05, 4.69) is 24.9 Å². The Labute approximate surface area is 72.9 Å². The Morgan fingerprint density at radius 3 is 2.67 bits per heavy atom. The van der Waals surface area contributed by atoms with Gasteiger partial charge in [-0.3, -0.25) is 4.98 Å². The highest BCUT2D eigenvalue weighted by atomic mass is 14.7. The van der Waals surface area contributed by atoms with Crippen LogP contribution in [0.2, 0.25) is 0 Å². The van der Waals surface area contributed by atoms with E-state index in [4.69, 9.17) is 5.26 Å². The largest absolute Gasteiger partial charge is 0.260 e. The second-order valence-corrected chi connectivity index (χ2v) is 3.17. The van der Waals surface area contributed by atoms with Gasteiger partial charge in [0.2, 0.25) is 0 Å². The molecule has 1 rings (SSSR count). The van der Waals surface area contributed by atoms with E-state index in [-0.39, 0.29) is 0 Å². The molecule has 0 bridgehead atoms. The quantitative estimate of drug-likeness (QED) is 0.632. The molecule has 0 amide bonds. The average Bonchev–Trinajstić information content (AvgIpc) is 2.05. The number of nitriles is 1. The maximum atomic E-state index is 8.73. The van der Waals surface area contributed by atoms with Crippen LogP contribution in [0.5, 0.6) is 0 Å². The van der Waals surface area contributed by atoms with Gasteiger partial charge < -0.3 is 0 Å². The van der Waals surface area contributed by atoms with E-state index in [1.807, 2.05) is 19.2 Å². The lowest BCUT2D eigenvalue weighted by Crippen LogP contribution is -1.93. The summed E-state index contributed by atoms with van der Waals surface area (Å²) in [5.41, 5.74) is 2.61. The van der Waals surface area contributed by atoms with Gasteiger partial charge in [0.15, 0.2) is 0 Å². The fourth-order valence-electron chi connectivity index (χ4n) is 0.978. The monoisotopic (exact) mass is 160 g/mol. The van der Waals surface area contributed by atoms with Crippen molar-refractivity contribution in [3.05, 3.63) is 29.1 Å². The zero-order chi connectivity index (χ0) is 9.14. The molecule has 0 atom stereocenters. The van der Waals surface area contributed by atoms with Crippen LogP contribution >= 0.6 is 0 Å². The molecular weight excluding hydrogens is 148 g/mol. The standard InChI is InChI=1S/C10H12N2/c1-7(2)10-4-9(5-11)8(3)12-6-10/h4,6-7H,1-3H3. The van der Waals surface area contributed by atoms with Crippen LogP contribution in [-0.2, 0) is 0 Å². The van der Waals surface area contributed by atoms with Crippen molar-refractivity contribution in [2.24, 2.45) is 0 Å². The molecule has 0 unspecified atom stereocenters. The van der Waals surface area contributed by atoms with Crippen molar-refractivity contribution >= 4 is 0 Å². The van der Waals surface area contributed by atoms with Gasteiger partial charge in [0, 0.05) is 6.20 Å². The average molecular weight is 160 g/mol. The summed E-state index contributed by atoms with van der Waals surface area (Å²) in [4.78, 5) is 4.15. The summed E-state index contributed by atoms with van der Waals surface area (Å²) < 4.78 is 0. The van der Waals surface area contributed by atoms with Gasteiger partial charge in [0.05, 0.1) is 11.3 Å². The lowest BCUT2D eigenvalue weighted by molar-refractivity contribution is 0.854. The lowest BCUT2D eigenvalue weighted by Gasteiger charge is -2.05. The lowest BCUT2D eigenvalue weighted by atomic mass is 10.0. The van der Waals surface area contributed by atoms with Gasteiger partial charge in [-0.15, -0.1) is 0 Å². The molecule has 0 saturated heterocycles. The molecular formula is C10H12N2. The van der Waals surface area contributed by atoms with E-state index >= 15 is 0 Å². The Hall–Kier alpha value is -1.36. The summed E-state index contributed by atoms with van der Waals surface area (Å²) in [6, 6.07) is 4.04. The van der Waals surface area contributed by atoms with Crippen LogP contribution in [0.25, 0.3) is 0 Å². The van der Waals surface area contributed by atoms with Crippen molar-refractivity contribution < 1.29 is 0 Å². The Balaban J connectivity index is 3.16. The summed E-state index contributed by atoms with van der Waals surface area (Å²) >= 11 is 0. The highest BCUT2D eigenvalue weighted by molar-refractivity contribution is 5.35. The van der Waals surface area contributed by atoms with Crippen LogP contribution in [-0.4, -0.2) is 4.98 Å². The van der Waals surface area contributed by atoms with Crippen molar-refractivity contribution in [1.82, 2.24) is 4.98 Å². The third kappa shape index (κ3) is 1.62. The predicted molar refractivity (Wildman–Crippen MR) is 47.8 cm³/mol. The molecule has 62 valence electrons. The van der Waals surface area contributed by atoms with Crippen molar-refractivity contribution in [1.29, 1.82) is 5.26 Å². The molecule has 0 aromatic carbocycles. The second kappa shape index (κ2) is 3.36. The maximum absolute atomic E-state index is 8.73. The van der Waals surface area contributed by atoms with Crippen molar-refractivity contribution in [2.75, 3.05) is 0 Å². The highest BCUT2D eigenvalue weighted by Gasteiger charge is 2.03. The normalized spacial score (nSPS) is 9.92. The molecule has 0 spiro atoms. The van der Waals surface area contributed by atoms with Gasteiger partial charge in [0.25, 0.3) is 0 Å². The summed E-state index contributed by atoms with van der Waals surface area (Å²) in [5, 5.41) is 8.73. The van der Waals surface area contributed by atoms with Gasteiger partial charge in [-0.25, -0.2) is 0 Å². The third-order valence-corrected chi connectivity index (χ3v) is 1.90. The first-order chi connectivity index (χ1) is 5.65. The second-order valence-electron chi connectivity index (χ2n) is 3.17. The number of hydrogen-bond donors (Lipinski definition) is 0. The van der Waals surface area contributed by atoms with Crippen LogP contribution < -0.4 is 0 Å². The van der Waals surface area contributed by atoms with Gasteiger partial charge in [0.1, 0.15) is 6.07 Å². The Kier molecular flexibility index (Phi) is 2.44. The van der Waals surface area contributed by atoms with Crippen LogP contribution in [0.3, 0.4) is 0 Å². The molecule has 0 N–H and O–H groups in total. The molecule has 0 aliphatic heterocycles. The van der Waals surface area contributed by atoms with Crippen molar-refractivity contribution in [2.45, 2.75) is 26.7 Å². The predicted octanol–water partition coefficient (Wildman–Crippen LogP) is 2.39. The van der Waals surface area contributed by atoms with Crippen molar-refractivity contribution in [3.8, 4) is 6.07 Å². The topological polar surface area (TPSA) is 36.7 Å². The molecule has 0 radical (unpaired) electrons. The van der Waals surface area contributed by atoms with E-state index in [1.165, 1.54) is 0 Å². The molecule has 12 heavy (non-hydrogen) atoms. The SMILES string of the molecule is Cc1ncc(C(C)C)cc1C#N. The minimum Gasteiger partial charge on any atom is -0.260 e. The van der Waals surface area contributed by atoms with Crippen LogP contribution in [0.4, 0.5) is 0 Å². The molecule has 2 nitrogen and oxygen atoms in total. The van der Waals surface area contributed by atoms with Gasteiger partial charge >= 0.3 is 0 Å². The molecule has 0 fully saturated rings. The zero-order valence-corrected chi connectivity index (χ0v) is 7.63. The summed E-state index contributed by atoms with van der Waals surface area (Å²) in [5.74, 6) is 0.435. The number of pyridine rings is 1. The molecule has 1 aromatic rings.